The van der Waals surface area contributed by atoms with Gasteiger partial charge in [-0.05, 0) is 55.5 Å². The molecule has 0 bridgehead atoms. The number of hydrogen-bond acceptors (Lipinski definition) is 5. The first-order chi connectivity index (χ1) is 15.3. The van der Waals surface area contributed by atoms with Gasteiger partial charge in [0.15, 0.2) is 0 Å². The second kappa shape index (κ2) is 10.3. The Kier molecular flexibility index (Phi) is 7.50. The number of nitrogens with one attached hydrogen (secondary N) is 1. The van der Waals surface area contributed by atoms with Crippen LogP contribution < -0.4 is 9.62 Å². The summed E-state index contributed by atoms with van der Waals surface area (Å²) in [5.41, 5.74) is 0.855. The number of nitrogens with zero attached hydrogens (tertiary/aromatic N) is 1. The molecular formula is C23H21ClN2O5S. The number of ether oxygens (including phenoxy) is 1. The maximum atomic E-state index is 13.3. The summed E-state index contributed by atoms with van der Waals surface area (Å²) in [5.74, 6) is -1.11. The molecule has 0 aliphatic rings. The van der Waals surface area contributed by atoms with Crippen LogP contribution in [0, 0.1) is 0 Å². The fraction of sp³-hybridized carbons (Fsp3) is 0.130. The number of esters is 1. The molecule has 0 spiro atoms. The van der Waals surface area contributed by atoms with Crippen LogP contribution in [0.2, 0.25) is 5.02 Å². The molecule has 0 aliphatic carbocycles. The summed E-state index contributed by atoms with van der Waals surface area (Å²) < 4.78 is 32.5. The number of carbonyl (C=O) groups excluding carboxylic acids is 2. The van der Waals surface area contributed by atoms with E-state index in [1.807, 2.05) is 0 Å². The Bertz CT molecular complexity index is 1220. The Morgan fingerprint density at radius 2 is 1.69 bits per heavy atom. The number of hydrogen-bond donors (Lipinski definition) is 1. The van der Waals surface area contributed by atoms with Gasteiger partial charge in [0.05, 0.1) is 22.8 Å². The summed E-state index contributed by atoms with van der Waals surface area (Å²) in [7, 11) is -4.05. The Morgan fingerprint density at radius 3 is 2.38 bits per heavy atom. The summed E-state index contributed by atoms with van der Waals surface area (Å²) in [6.07, 6.45) is 0. The summed E-state index contributed by atoms with van der Waals surface area (Å²) in [4.78, 5) is 24.8. The molecular weight excluding hydrogens is 452 g/mol. The molecule has 0 aromatic heterocycles. The van der Waals surface area contributed by atoms with Crippen LogP contribution in [0.25, 0.3) is 0 Å². The summed E-state index contributed by atoms with van der Waals surface area (Å²) in [5, 5.41) is 2.96. The number of amides is 1. The smallest absolute Gasteiger partial charge is 0.338 e. The van der Waals surface area contributed by atoms with Crippen LogP contribution in [0.3, 0.4) is 0 Å². The predicted molar refractivity (Wildman–Crippen MR) is 123 cm³/mol. The van der Waals surface area contributed by atoms with Crippen molar-refractivity contribution in [1.82, 2.24) is 0 Å². The highest BCUT2D eigenvalue weighted by Gasteiger charge is 2.27. The van der Waals surface area contributed by atoms with Gasteiger partial charge in [-0.15, -0.1) is 0 Å². The topological polar surface area (TPSA) is 92.8 Å². The first-order valence-electron chi connectivity index (χ1n) is 9.71. The van der Waals surface area contributed by atoms with E-state index in [9.17, 15) is 18.0 Å². The molecule has 0 aliphatic heterocycles. The lowest BCUT2D eigenvalue weighted by Gasteiger charge is -2.24. The van der Waals surface area contributed by atoms with Crippen LogP contribution >= 0.6 is 11.6 Å². The first-order valence-corrected chi connectivity index (χ1v) is 11.5. The lowest BCUT2D eigenvalue weighted by molar-refractivity contribution is -0.114. The minimum Gasteiger partial charge on any atom is -0.462 e. The Balaban J connectivity index is 1.88. The monoisotopic (exact) mass is 472 g/mol. The van der Waals surface area contributed by atoms with Crippen molar-refractivity contribution in [3.05, 3.63) is 89.4 Å². The van der Waals surface area contributed by atoms with Crippen molar-refractivity contribution < 1.29 is 22.7 Å². The Morgan fingerprint density at radius 1 is 0.969 bits per heavy atom. The van der Waals surface area contributed by atoms with Gasteiger partial charge in [0.2, 0.25) is 5.91 Å². The lowest BCUT2D eigenvalue weighted by atomic mass is 10.2. The van der Waals surface area contributed by atoms with Gasteiger partial charge >= 0.3 is 5.97 Å². The molecule has 32 heavy (non-hydrogen) atoms. The van der Waals surface area contributed by atoms with Gasteiger partial charge in [-0.2, -0.15) is 0 Å². The van der Waals surface area contributed by atoms with Crippen molar-refractivity contribution in [2.45, 2.75) is 11.8 Å². The van der Waals surface area contributed by atoms with Gasteiger partial charge in [0, 0.05) is 10.7 Å². The molecule has 3 aromatic rings. The van der Waals surface area contributed by atoms with Crippen LogP contribution in [-0.2, 0) is 19.6 Å². The summed E-state index contributed by atoms with van der Waals surface area (Å²) in [6, 6.07) is 20.3. The van der Waals surface area contributed by atoms with Crippen molar-refractivity contribution in [3.8, 4) is 0 Å². The molecule has 9 heteroatoms. The molecule has 166 valence electrons. The standard InChI is InChI=1S/C23H21ClN2O5S/c1-2-31-23(28)17-8-6-10-19(14-17)25-22(27)16-26(20-11-7-9-18(24)15-20)32(29,30)21-12-4-3-5-13-21/h3-15H,2,16H2,1H3,(H,25,27). The molecule has 0 fully saturated rings. The molecule has 1 amide bonds. The van der Waals surface area contributed by atoms with Crippen molar-refractivity contribution in [2.24, 2.45) is 0 Å². The van der Waals surface area contributed by atoms with Crippen LogP contribution in [0.15, 0.2) is 83.8 Å². The zero-order valence-corrected chi connectivity index (χ0v) is 18.8. The third-order valence-corrected chi connectivity index (χ3v) is 6.40. The molecule has 0 radical (unpaired) electrons. The average Bonchev–Trinajstić information content (AvgIpc) is 2.78. The minimum absolute atomic E-state index is 0.0390. The van der Waals surface area contributed by atoms with Crippen molar-refractivity contribution in [2.75, 3.05) is 22.8 Å². The highest BCUT2D eigenvalue weighted by Crippen LogP contribution is 2.26. The fourth-order valence-electron chi connectivity index (χ4n) is 2.94. The summed E-state index contributed by atoms with van der Waals surface area (Å²) in [6.45, 7) is 1.42. The lowest BCUT2D eigenvalue weighted by Crippen LogP contribution is -2.38. The molecule has 0 unspecified atom stereocenters. The van der Waals surface area contributed by atoms with Gasteiger partial charge < -0.3 is 10.1 Å². The van der Waals surface area contributed by atoms with Crippen molar-refractivity contribution >= 4 is 44.9 Å². The second-order valence-electron chi connectivity index (χ2n) is 6.65. The molecule has 1 N–H and O–H groups in total. The number of rotatable bonds is 8. The van der Waals surface area contributed by atoms with E-state index in [0.717, 1.165) is 4.31 Å². The van der Waals surface area contributed by atoms with Gasteiger partial charge in [-0.1, -0.05) is 41.9 Å². The zero-order valence-electron chi connectivity index (χ0n) is 17.2. The van der Waals surface area contributed by atoms with Crippen molar-refractivity contribution in [3.63, 3.8) is 0 Å². The van der Waals surface area contributed by atoms with E-state index in [0.29, 0.717) is 10.7 Å². The summed E-state index contributed by atoms with van der Waals surface area (Å²) >= 11 is 6.06. The average molecular weight is 473 g/mol. The second-order valence-corrected chi connectivity index (χ2v) is 8.95. The Hall–Kier alpha value is -3.36. The predicted octanol–water partition coefficient (Wildman–Crippen LogP) is 4.35. The molecule has 0 atom stereocenters. The largest absolute Gasteiger partial charge is 0.462 e. The SMILES string of the molecule is CCOC(=O)c1cccc(NC(=O)CN(c2cccc(Cl)c2)S(=O)(=O)c2ccccc2)c1. The van der Waals surface area contributed by atoms with E-state index in [1.165, 1.54) is 24.3 Å². The number of halogens is 1. The van der Waals surface area contributed by atoms with Gasteiger partial charge in [0.1, 0.15) is 6.54 Å². The van der Waals surface area contributed by atoms with E-state index < -0.39 is 28.4 Å². The van der Waals surface area contributed by atoms with E-state index in [-0.39, 0.29) is 22.8 Å². The van der Waals surface area contributed by atoms with E-state index in [1.54, 1.807) is 61.5 Å². The van der Waals surface area contributed by atoms with Crippen LogP contribution in [0.5, 0.6) is 0 Å². The van der Waals surface area contributed by atoms with Gasteiger partial charge in [-0.3, -0.25) is 9.10 Å². The van der Waals surface area contributed by atoms with Crippen molar-refractivity contribution in [1.29, 1.82) is 0 Å². The maximum absolute atomic E-state index is 13.3. The van der Waals surface area contributed by atoms with E-state index in [2.05, 4.69) is 5.32 Å². The minimum atomic E-state index is -4.05. The number of anilines is 2. The van der Waals surface area contributed by atoms with Crippen LogP contribution in [0.1, 0.15) is 17.3 Å². The number of sulfonamides is 1. The molecule has 0 heterocycles. The first kappa shape index (κ1) is 23.3. The maximum Gasteiger partial charge on any atom is 0.338 e. The normalized spacial score (nSPS) is 10.9. The molecule has 3 rings (SSSR count). The van der Waals surface area contributed by atoms with Gasteiger partial charge in [-0.25, -0.2) is 13.2 Å². The zero-order chi connectivity index (χ0) is 23.1. The molecule has 0 saturated carbocycles. The highest BCUT2D eigenvalue weighted by atomic mass is 35.5. The van der Waals surface area contributed by atoms with E-state index in [4.69, 9.17) is 16.3 Å². The molecule has 3 aromatic carbocycles. The quantitative estimate of drug-likeness (QED) is 0.492. The Labute approximate surface area is 191 Å². The number of benzene rings is 3. The number of carbonyl (C=O) groups is 2. The third-order valence-electron chi connectivity index (χ3n) is 4.37. The highest BCUT2D eigenvalue weighted by molar-refractivity contribution is 7.92. The third kappa shape index (κ3) is 5.66. The van der Waals surface area contributed by atoms with Gasteiger partial charge in [0.25, 0.3) is 10.0 Å². The molecule has 0 saturated heterocycles. The van der Waals surface area contributed by atoms with Crippen LogP contribution in [0.4, 0.5) is 11.4 Å². The van der Waals surface area contributed by atoms with E-state index >= 15 is 0 Å². The fourth-order valence-corrected chi connectivity index (χ4v) is 4.55. The molecule has 7 nitrogen and oxygen atoms in total. The van der Waals surface area contributed by atoms with Crippen LogP contribution in [-0.4, -0.2) is 33.4 Å².